The topological polar surface area (TPSA) is 122 Å². The first kappa shape index (κ1) is 19.9. The van der Waals surface area contributed by atoms with Crippen LogP contribution in [0.15, 0.2) is 65.8 Å². The van der Waals surface area contributed by atoms with Crippen molar-refractivity contribution in [3.05, 3.63) is 71.0 Å². The van der Waals surface area contributed by atoms with Crippen LogP contribution in [0.25, 0.3) is 11.3 Å². The van der Waals surface area contributed by atoms with Crippen molar-refractivity contribution in [1.29, 1.82) is 0 Å². The lowest BCUT2D eigenvalue weighted by atomic mass is 10.2. The van der Waals surface area contributed by atoms with E-state index in [1.807, 2.05) is 29.2 Å². The molecule has 154 valence electrons. The van der Waals surface area contributed by atoms with Gasteiger partial charge in [0.25, 0.3) is 5.69 Å². The third-order valence-corrected chi connectivity index (χ3v) is 6.73. The maximum absolute atomic E-state index is 12.9. The van der Waals surface area contributed by atoms with Crippen molar-refractivity contribution in [2.75, 3.05) is 31.1 Å². The third-order valence-electron chi connectivity index (χ3n) is 4.84. The summed E-state index contributed by atoms with van der Waals surface area (Å²) in [4.78, 5) is 16.3. The molecule has 0 spiro atoms. The number of benzene rings is 1. The molecule has 1 aliphatic rings. The van der Waals surface area contributed by atoms with Crippen LogP contribution in [0, 0.1) is 10.1 Å². The fourth-order valence-corrected chi connectivity index (χ4v) is 4.69. The second-order valence-electron chi connectivity index (χ2n) is 6.66. The first-order valence-electron chi connectivity index (χ1n) is 9.19. The Hall–Kier alpha value is -3.44. The number of rotatable bonds is 5. The summed E-state index contributed by atoms with van der Waals surface area (Å²) in [6.45, 7) is 1.37. The van der Waals surface area contributed by atoms with Crippen LogP contribution >= 0.6 is 0 Å². The number of hydrogen-bond acceptors (Lipinski definition) is 8. The van der Waals surface area contributed by atoms with Crippen LogP contribution in [-0.2, 0) is 10.0 Å². The van der Waals surface area contributed by atoms with Crippen molar-refractivity contribution in [1.82, 2.24) is 19.5 Å². The molecule has 1 aromatic carbocycles. The smallest absolute Gasteiger partial charge is 0.270 e. The van der Waals surface area contributed by atoms with Crippen LogP contribution in [0.4, 0.5) is 11.5 Å². The average molecular weight is 426 g/mol. The van der Waals surface area contributed by atoms with E-state index in [1.54, 1.807) is 12.4 Å². The number of nitrogens with zero attached hydrogens (tertiary/aromatic N) is 6. The van der Waals surface area contributed by atoms with Gasteiger partial charge in [0.1, 0.15) is 0 Å². The molecule has 1 aliphatic heterocycles. The molecule has 0 radical (unpaired) electrons. The van der Waals surface area contributed by atoms with E-state index < -0.39 is 14.9 Å². The summed E-state index contributed by atoms with van der Waals surface area (Å²) in [5.41, 5.74) is 1.32. The zero-order valence-electron chi connectivity index (χ0n) is 15.8. The summed E-state index contributed by atoms with van der Waals surface area (Å²) < 4.78 is 27.0. The average Bonchev–Trinajstić information content (AvgIpc) is 2.80. The normalized spacial score (nSPS) is 15.1. The van der Waals surface area contributed by atoms with E-state index in [9.17, 15) is 18.5 Å². The lowest BCUT2D eigenvalue weighted by Gasteiger charge is -2.34. The van der Waals surface area contributed by atoms with Gasteiger partial charge in [0.15, 0.2) is 5.82 Å². The number of hydrogen-bond donors (Lipinski definition) is 0. The van der Waals surface area contributed by atoms with E-state index in [2.05, 4.69) is 15.2 Å². The van der Waals surface area contributed by atoms with Crippen LogP contribution in [0.2, 0.25) is 0 Å². The highest BCUT2D eigenvalue weighted by Gasteiger charge is 2.30. The van der Waals surface area contributed by atoms with Crippen molar-refractivity contribution < 1.29 is 13.3 Å². The Bertz CT molecular complexity index is 1150. The third kappa shape index (κ3) is 3.98. The van der Waals surface area contributed by atoms with Crippen molar-refractivity contribution in [2.24, 2.45) is 0 Å². The van der Waals surface area contributed by atoms with Crippen LogP contribution in [0.5, 0.6) is 0 Å². The van der Waals surface area contributed by atoms with Gasteiger partial charge in [-0.2, -0.15) is 4.31 Å². The van der Waals surface area contributed by atoms with E-state index in [0.29, 0.717) is 24.6 Å². The SMILES string of the molecule is O=[N+]([O-])c1cccc(S(=O)(=O)N2CCN(c3ccc(-c4cccnc4)nn3)CC2)c1. The van der Waals surface area contributed by atoms with Gasteiger partial charge < -0.3 is 4.90 Å². The predicted molar refractivity (Wildman–Crippen MR) is 109 cm³/mol. The molecule has 0 saturated carbocycles. The molecule has 3 heterocycles. The number of nitro benzene ring substituents is 1. The molecule has 1 saturated heterocycles. The minimum atomic E-state index is -3.81. The Morgan fingerprint density at radius 3 is 2.40 bits per heavy atom. The summed E-state index contributed by atoms with van der Waals surface area (Å²) in [5.74, 6) is 0.662. The predicted octanol–water partition coefficient (Wildman–Crippen LogP) is 1.96. The second-order valence-corrected chi connectivity index (χ2v) is 8.60. The van der Waals surface area contributed by atoms with E-state index in [-0.39, 0.29) is 23.7 Å². The zero-order chi connectivity index (χ0) is 21.1. The number of aromatic nitrogens is 3. The summed E-state index contributed by atoms with van der Waals surface area (Å²) >= 11 is 0. The van der Waals surface area contributed by atoms with Gasteiger partial charge in [-0.1, -0.05) is 6.07 Å². The molecular formula is C19H18N6O4S. The van der Waals surface area contributed by atoms with Crippen LogP contribution < -0.4 is 4.90 Å². The maximum Gasteiger partial charge on any atom is 0.270 e. The lowest BCUT2D eigenvalue weighted by Crippen LogP contribution is -2.49. The first-order valence-corrected chi connectivity index (χ1v) is 10.6. The molecule has 10 nitrogen and oxygen atoms in total. The van der Waals surface area contributed by atoms with Crippen molar-refractivity contribution >= 4 is 21.5 Å². The van der Waals surface area contributed by atoms with Crippen LogP contribution in [-0.4, -0.2) is 59.0 Å². The fraction of sp³-hybridized carbons (Fsp3) is 0.211. The molecule has 30 heavy (non-hydrogen) atoms. The number of anilines is 1. The summed E-state index contributed by atoms with van der Waals surface area (Å²) in [6, 6.07) is 12.5. The van der Waals surface area contributed by atoms with Gasteiger partial charge in [-0.05, 0) is 30.3 Å². The van der Waals surface area contributed by atoms with E-state index in [1.165, 1.54) is 22.5 Å². The minimum absolute atomic E-state index is 0.0780. The molecule has 3 aromatic rings. The van der Waals surface area contributed by atoms with Gasteiger partial charge >= 0.3 is 0 Å². The van der Waals surface area contributed by atoms with Crippen molar-refractivity contribution in [2.45, 2.75) is 4.90 Å². The van der Waals surface area contributed by atoms with E-state index >= 15 is 0 Å². The Morgan fingerprint density at radius 1 is 0.967 bits per heavy atom. The molecule has 2 aromatic heterocycles. The fourth-order valence-electron chi connectivity index (χ4n) is 3.23. The molecule has 0 amide bonds. The van der Waals surface area contributed by atoms with Crippen LogP contribution in [0.1, 0.15) is 0 Å². The monoisotopic (exact) mass is 426 g/mol. The molecular weight excluding hydrogens is 408 g/mol. The lowest BCUT2D eigenvalue weighted by molar-refractivity contribution is -0.385. The maximum atomic E-state index is 12.9. The van der Waals surface area contributed by atoms with Gasteiger partial charge in [0.2, 0.25) is 10.0 Å². The minimum Gasteiger partial charge on any atom is -0.352 e. The Morgan fingerprint density at radius 2 is 1.77 bits per heavy atom. The Labute approximate surface area is 173 Å². The quantitative estimate of drug-likeness (QED) is 0.448. The van der Waals surface area contributed by atoms with Crippen molar-refractivity contribution in [3.63, 3.8) is 0 Å². The van der Waals surface area contributed by atoms with E-state index in [0.717, 1.165) is 11.6 Å². The molecule has 11 heteroatoms. The largest absolute Gasteiger partial charge is 0.352 e. The van der Waals surface area contributed by atoms with Gasteiger partial charge in [-0.3, -0.25) is 15.1 Å². The van der Waals surface area contributed by atoms with Crippen molar-refractivity contribution in [3.8, 4) is 11.3 Å². The molecule has 0 unspecified atom stereocenters. The summed E-state index contributed by atoms with van der Waals surface area (Å²) in [7, 11) is -3.81. The number of non-ortho nitro benzene ring substituents is 1. The van der Waals surface area contributed by atoms with E-state index in [4.69, 9.17) is 0 Å². The zero-order valence-corrected chi connectivity index (χ0v) is 16.6. The van der Waals surface area contributed by atoms with Gasteiger partial charge in [-0.25, -0.2) is 8.42 Å². The highest BCUT2D eigenvalue weighted by atomic mass is 32.2. The summed E-state index contributed by atoms with van der Waals surface area (Å²) in [5, 5.41) is 19.4. The number of pyridine rings is 1. The number of piperazine rings is 1. The highest BCUT2D eigenvalue weighted by Crippen LogP contribution is 2.23. The molecule has 0 atom stereocenters. The second kappa shape index (κ2) is 8.13. The number of sulfonamides is 1. The first-order chi connectivity index (χ1) is 14.4. The highest BCUT2D eigenvalue weighted by molar-refractivity contribution is 7.89. The van der Waals surface area contributed by atoms with Gasteiger partial charge in [-0.15, -0.1) is 10.2 Å². The Kier molecular flexibility index (Phi) is 5.38. The number of nitro groups is 1. The standard InChI is InChI=1S/C19H18N6O4S/c26-25(27)16-4-1-5-17(13-16)30(28,29)24-11-9-23(10-12-24)19-7-6-18(21-22-19)15-3-2-8-20-14-15/h1-8,13-14H,9-12H2. The molecule has 0 aliphatic carbocycles. The molecule has 0 N–H and O–H groups in total. The summed E-state index contributed by atoms with van der Waals surface area (Å²) in [6.07, 6.45) is 3.40. The molecule has 0 bridgehead atoms. The van der Waals surface area contributed by atoms with Gasteiger partial charge in [0, 0.05) is 56.3 Å². The molecule has 1 fully saturated rings. The Balaban J connectivity index is 1.45. The molecule has 4 rings (SSSR count). The van der Waals surface area contributed by atoms with Crippen LogP contribution in [0.3, 0.4) is 0 Å². The van der Waals surface area contributed by atoms with Gasteiger partial charge in [0.05, 0.1) is 15.5 Å².